The second-order valence-electron chi connectivity index (χ2n) is 13.5. The summed E-state index contributed by atoms with van der Waals surface area (Å²) in [7, 11) is 0. The summed E-state index contributed by atoms with van der Waals surface area (Å²) in [6, 6.07) is 50.8. The van der Waals surface area contributed by atoms with Crippen molar-refractivity contribution in [1.82, 2.24) is 9.13 Å². The summed E-state index contributed by atoms with van der Waals surface area (Å²) in [6.07, 6.45) is 0. The monoisotopic (exact) mass is 640 g/mol. The highest BCUT2D eigenvalue weighted by atomic mass is 32.2. The number of nitrogens with zero attached hydrogens (tertiary/aromatic N) is 2. The van der Waals surface area contributed by atoms with E-state index in [9.17, 15) is 0 Å². The fourth-order valence-electron chi connectivity index (χ4n) is 9.71. The molecule has 0 spiro atoms. The van der Waals surface area contributed by atoms with E-state index in [1.54, 1.807) is 0 Å². The molecule has 48 heavy (non-hydrogen) atoms. The van der Waals surface area contributed by atoms with Crippen molar-refractivity contribution in [3.8, 4) is 11.4 Å². The van der Waals surface area contributed by atoms with Crippen LogP contribution in [0.3, 0.4) is 0 Å². The first-order valence-electron chi connectivity index (χ1n) is 16.7. The van der Waals surface area contributed by atoms with Crippen molar-refractivity contribution in [3.63, 3.8) is 0 Å². The Morgan fingerprint density at radius 3 is 1.60 bits per heavy atom. The normalized spacial score (nSPS) is 14.4. The molecule has 0 unspecified atom stereocenters. The Balaban J connectivity index is 1.26. The Bertz CT molecular complexity index is 2990. The predicted octanol–water partition coefficient (Wildman–Crippen LogP) is 6.47. The number of aromatic nitrogens is 2. The van der Waals surface area contributed by atoms with E-state index in [2.05, 4.69) is 143 Å². The lowest BCUT2D eigenvalue weighted by Gasteiger charge is -2.33. The smallest absolute Gasteiger partial charge is 0.249 e. The maximum atomic E-state index is 2.64. The minimum absolute atomic E-state index is 0.222. The van der Waals surface area contributed by atoms with Gasteiger partial charge in [-0.05, 0) is 58.2 Å². The molecule has 6 heteroatoms. The second-order valence-corrected chi connectivity index (χ2v) is 15.7. The molecule has 2 nitrogen and oxygen atoms in total. The van der Waals surface area contributed by atoms with Crippen LogP contribution in [0.15, 0.2) is 153 Å². The van der Waals surface area contributed by atoms with Gasteiger partial charge < -0.3 is 9.13 Å². The van der Waals surface area contributed by atoms with Gasteiger partial charge in [-0.25, -0.2) is 0 Å². The van der Waals surface area contributed by atoms with Crippen molar-refractivity contribution in [2.75, 3.05) is 0 Å². The van der Waals surface area contributed by atoms with Gasteiger partial charge in [-0.2, -0.15) is 0 Å². The highest BCUT2D eigenvalue weighted by Crippen LogP contribution is 2.45. The van der Waals surface area contributed by atoms with E-state index in [-0.39, 0.29) is 13.4 Å². The quantitative estimate of drug-likeness (QED) is 0.176. The molecule has 0 fully saturated rings. The number of fused-ring (bicyclic) bond motifs is 16. The van der Waals surface area contributed by atoms with E-state index in [1.165, 1.54) is 107 Å². The third-order valence-corrected chi connectivity index (χ3v) is 13.8. The molecule has 13 rings (SSSR count). The second kappa shape index (κ2) is 8.51. The average Bonchev–Trinajstić information content (AvgIpc) is 3.66. The van der Waals surface area contributed by atoms with Gasteiger partial charge in [0.05, 0.1) is 16.6 Å². The number of hydrogen-bond acceptors (Lipinski definition) is 2. The van der Waals surface area contributed by atoms with Crippen molar-refractivity contribution in [3.05, 3.63) is 133 Å². The van der Waals surface area contributed by atoms with Gasteiger partial charge in [0, 0.05) is 58.0 Å². The van der Waals surface area contributed by atoms with E-state index in [0.29, 0.717) is 0 Å². The maximum Gasteiger partial charge on any atom is 0.249 e. The van der Waals surface area contributed by atoms with Crippen LogP contribution in [0.5, 0.6) is 0 Å². The standard InChI is InChI=1S/C42H22B2N2S2/c1-4-14-31-27(10-1)43-28-11-2-5-16-33(28)48-36-22-21-24-26-20-19-25-23-9-7-13-30-39(23)46(42(25)41(26)45(31)40(24)38(36)43)32-15-8-18-35-37(32)44(30)29-12-3-6-17-34(29)47-35/h1-22H. The van der Waals surface area contributed by atoms with E-state index in [4.69, 9.17) is 0 Å². The molecule has 6 heterocycles. The Kier molecular flexibility index (Phi) is 4.44. The van der Waals surface area contributed by atoms with Crippen LogP contribution in [0.25, 0.3) is 55.0 Å². The van der Waals surface area contributed by atoms with Crippen LogP contribution < -0.4 is 32.8 Å². The number of para-hydroxylation sites is 2. The number of benzene rings is 7. The van der Waals surface area contributed by atoms with Crippen molar-refractivity contribution in [2.24, 2.45) is 0 Å². The Morgan fingerprint density at radius 1 is 0.333 bits per heavy atom. The van der Waals surface area contributed by atoms with Crippen molar-refractivity contribution in [1.29, 1.82) is 0 Å². The molecule has 0 atom stereocenters. The molecule has 0 saturated carbocycles. The molecule has 4 aliphatic rings. The van der Waals surface area contributed by atoms with E-state index in [1.807, 2.05) is 23.5 Å². The molecule has 9 aromatic rings. The third kappa shape index (κ3) is 2.76. The van der Waals surface area contributed by atoms with Gasteiger partial charge in [0.15, 0.2) is 0 Å². The molecule has 0 N–H and O–H groups in total. The van der Waals surface area contributed by atoms with Crippen LogP contribution in [-0.2, 0) is 0 Å². The summed E-state index contributed by atoms with van der Waals surface area (Å²) in [5, 5.41) is 5.33. The van der Waals surface area contributed by atoms with Gasteiger partial charge in [0.25, 0.3) is 0 Å². The summed E-state index contributed by atoms with van der Waals surface area (Å²) >= 11 is 3.85. The first-order valence-corrected chi connectivity index (χ1v) is 18.3. The Morgan fingerprint density at radius 2 is 0.833 bits per heavy atom. The first-order chi connectivity index (χ1) is 23.8. The van der Waals surface area contributed by atoms with Gasteiger partial charge >= 0.3 is 0 Å². The SMILES string of the molecule is c1ccc2c(c1)Sc1cccc3c1B2c1cccc2c4ccc5c6ccc7c8c6n(c5c4n-3c12)-c1ccccc1B8c1ccccc1S7. The van der Waals surface area contributed by atoms with Crippen LogP contribution in [0.1, 0.15) is 0 Å². The fraction of sp³-hybridized carbons (Fsp3) is 0. The molecule has 4 aliphatic heterocycles. The summed E-state index contributed by atoms with van der Waals surface area (Å²) in [5.74, 6) is 0. The summed E-state index contributed by atoms with van der Waals surface area (Å²) in [4.78, 5) is 5.48. The molecule has 0 bridgehead atoms. The third-order valence-electron chi connectivity index (χ3n) is 11.4. The molecule has 0 saturated heterocycles. The molecular formula is C42H22B2N2S2. The zero-order valence-electron chi connectivity index (χ0n) is 25.6. The van der Waals surface area contributed by atoms with Gasteiger partial charge in [0.1, 0.15) is 0 Å². The van der Waals surface area contributed by atoms with Gasteiger partial charge in [-0.15, -0.1) is 0 Å². The Hall–Kier alpha value is -5.03. The van der Waals surface area contributed by atoms with Gasteiger partial charge in [-0.1, -0.05) is 132 Å². The first kappa shape index (κ1) is 25.0. The zero-order valence-corrected chi connectivity index (χ0v) is 27.2. The number of hydrogen-bond donors (Lipinski definition) is 0. The highest BCUT2D eigenvalue weighted by Gasteiger charge is 2.42. The Labute approximate surface area is 285 Å². The van der Waals surface area contributed by atoms with E-state index >= 15 is 0 Å². The average molecular weight is 640 g/mol. The van der Waals surface area contributed by atoms with Crippen LogP contribution >= 0.6 is 23.5 Å². The van der Waals surface area contributed by atoms with Crippen LogP contribution in [0, 0.1) is 0 Å². The topological polar surface area (TPSA) is 9.86 Å². The molecule has 218 valence electrons. The lowest BCUT2D eigenvalue weighted by molar-refractivity contribution is 1.15. The highest BCUT2D eigenvalue weighted by molar-refractivity contribution is 8.00. The van der Waals surface area contributed by atoms with Crippen molar-refractivity contribution < 1.29 is 0 Å². The molecule has 7 aromatic carbocycles. The van der Waals surface area contributed by atoms with Crippen LogP contribution in [0.2, 0.25) is 0 Å². The van der Waals surface area contributed by atoms with Crippen LogP contribution in [-0.4, -0.2) is 22.6 Å². The van der Waals surface area contributed by atoms with Gasteiger partial charge in [-0.3, -0.25) is 0 Å². The molecule has 0 amide bonds. The maximum absolute atomic E-state index is 2.64. The lowest BCUT2D eigenvalue weighted by Crippen LogP contribution is -2.58. The minimum atomic E-state index is 0.222. The van der Waals surface area contributed by atoms with Crippen molar-refractivity contribution in [2.45, 2.75) is 19.6 Å². The molecular weight excluding hydrogens is 618 g/mol. The fourth-order valence-corrected chi connectivity index (χ4v) is 12.0. The number of rotatable bonds is 0. The molecule has 0 aliphatic carbocycles. The lowest BCUT2D eigenvalue weighted by atomic mass is 9.35. The molecule has 0 radical (unpaired) electrons. The van der Waals surface area contributed by atoms with E-state index < -0.39 is 0 Å². The summed E-state index contributed by atoms with van der Waals surface area (Å²) in [5.41, 5.74) is 16.5. The van der Waals surface area contributed by atoms with Gasteiger partial charge in [0.2, 0.25) is 13.4 Å². The summed E-state index contributed by atoms with van der Waals surface area (Å²) < 4.78 is 5.28. The van der Waals surface area contributed by atoms with Crippen molar-refractivity contribution >= 4 is 113 Å². The molecule has 2 aromatic heterocycles. The largest absolute Gasteiger partial charge is 0.308 e. The van der Waals surface area contributed by atoms with Crippen LogP contribution in [0.4, 0.5) is 0 Å². The van der Waals surface area contributed by atoms with E-state index in [0.717, 1.165) is 0 Å². The zero-order chi connectivity index (χ0) is 30.8. The predicted molar refractivity (Wildman–Crippen MR) is 206 cm³/mol. The summed E-state index contributed by atoms with van der Waals surface area (Å²) in [6.45, 7) is 0.444. The minimum Gasteiger partial charge on any atom is -0.308 e.